The Morgan fingerprint density at radius 2 is 2.14 bits per heavy atom. The van der Waals surface area contributed by atoms with Crippen molar-refractivity contribution in [3.63, 3.8) is 0 Å². The summed E-state index contributed by atoms with van der Waals surface area (Å²) in [6, 6.07) is 7.18. The summed E-state index contributed by atoms with van der Waals surface area (Å²) in [7, 11) is 0. The van der Waals surface area contributed by atoms with Gasteiger partial charge in [0.25, 0.3) is 5.91 Å². The number of carbonyl (C=O) groups is 2. The van der Waals surface area contributed by atoms with E-state index in [-0.39, 0.29) is 24.3 Å². The summed E-state index contributed by atoms with van der Waals surface area (Å²) < 4.78 is 5.46. The number of hydrogen-bond acceptors (Lipinski definition) is 3. The van der Waals surface area contributed by atoms with Gasteiger partial charge in [-0.1, -0.05) is 31.9 Å². The van der Waals surface area contributed by atoms with Crippen molar-refractivity contribution >= 4 is 11.7 Å². The van der Waals surface area contributed by atoms with Crippen LogP contribution in [-0.4, -0.2) is 24.3 Å². The van der Waals surface area contributed by atoms with Gasteiger partial charge in [-0.3, -0.25) is 9.59 Å². The minimum absolute atomic E-state index is 0.00770. The highest BCUT2D eigenvalue weighted by molar-refractivity contribution is 5.94. The molecule has 2 atom stereocenters. The van der Waals surface area contributed by atoms with Crippen molar-refractivity contribution < 1.29 is 14.3 Å². The molecule has 1 fully saturated rings. The average molecular weight is 289 g/mol. The van der Waals surface area contributed by atoms with E-state index in [2.05, 4.69) is 12.2 Å². The van der Waals surface area contributed by atoms with Crippen LogP contribution in [0.4, 0.5) is 0 Å². The Labute approximate surface area is 125 Å². The molecule has 0 bridgehead atoms. The molecule has 1 aliphatic rings. The molecule has 0 aromatic heterocycles. The normalized spacial score (nSPS) is 21.6. The first kappa shape index (κ1) is 15.5. The molecular weight excluding hydrogens is 266 g/mol. The first-order valence-electron chi connectivity index (χ1n) is 7.57. The monoisotopic (exact) mass is 289 g/mol. The van der Waals surface area contributed by atoms with E-state index >= 15 is 0 Å². The second kappa shape index (κ2) is 7.25. The second-order valence-electron chi connectivity index (χ2n) is 5.91. The number of benzene rings is 1. The zero-order valence-electron chi connectivity index (χ0n) is 12.7. The number of hydrogen-bond donors (Lipinski definition) is 1. The van der Waals surface area contributed by atoms with Crippen LogP contribution in [0.2, 0.25) is 0 Å². The maximum atomic E-state index is 11.9. The van der Waals surface area contributed by atoms with Gasteiger partial charge in [0.15, 0.2) is 12.4 Å². The van der Waals surface area contributed by atoms with E-state index in [0.717, 1.165) is 12.8 Å². The predicted octanol–water partition coefficient (Wildman–Crippen LogP) is 2.96. The van der Waals surface area contributed by atoms with Crippen LogP contribution >= 0.6 is 0 Å². The van der Waals surface area contributed by atoms with Gasteiger partial charge in [-0.25, -0.2) is 0 Å². The molecule has 0 aliphatic heterocycles. The average Bonchev–Trinajstić information content (AvgIpc) is 2.45. The van der Waals surface area contributed by atoms with Gasteiger partial charge in [0.1, 0.15) is 5.75 Å². The highest BCUT2D eigenvalue weighted by Crippen LogP contribution is 2.23. The fourth-order valence-corrected chi connectivity index (χ4v) is 2.79. The predicted molar refractivity (Wildman–Crippen MR) is 81.5 cm³/mol. The fraction of sp³-hybridized carbons (Fsp3) is 0.529. The Hall–Kier alpha value is -1.84. The molecule has 1 saturated carbocycles. The topological polar surface area (TPSA) is 55.4 Å². The summed E-state index contributed by atoms with van der Waals surface area (Å²) >= 11 is 0. The Kier molecular flexibility index (Phi) is 5.37. The molecule has 1 aromatic rings. The molecule has 0 spiro atoms. The van der Waals surface area contributed by atoms with Gasteiger partial charge < -0.3 is 10.1 Å². The van der Waals surface area contributed by atoms with E-state index in [0.29, 0.717) is 17.2 Å². The van der Waals surface area contributed by atoms with Crippen molar-refractivity contribution in [1.29, 1.82) is 0 Å². The quantitative estimate of drug-likeness (QED) is 0.848. The zero-order chi connectivity index (χ0) is 15.2. The summed E-state index contributed by atoms with van der Waals surface area (Å²) in [5, 5.41) is 3.03. The molecule has 0 saturated heterocycles. The molecule has 0 radical (unpaired) electrons. The molecular formula is C17H23NO3. The highest BCUT2D eigenvalue weighted by atomic mass is 16.5. The maximum absolute atomic E-state index is 11.9. The van der Waals surface area contributed by atoms with Crippen LogP contribution in [0.1, 0.15) is 49.9 Å². The minimum atomic E-state index is -0.0951. The van der Waals surface area contributed by atoms with E-state index in [4.69, 9.17) is 4.74 Å². The largest absolute Gasteiger partial charge is 0.484 e. The Bertz CT molecular complexity index is 513. The molecule has 1 amide bonds. The lowest BCUT2D eigenvalue weighted by molar-refractivity contribution is -0.124. The first-order valence-corrected chi connectivity index (χ1v) is 7.57. The second-order valence-corrected chi connectivity index (χ2v) is 5.91. The zero-order valence-corrected chi connectivity index (χ0v) is 12.7. The van der Waals surface area contributed by atoms with Crippen molar-refractivity contribution in [2.24, 2.45) is 5.92 Å². The van der Waals surface area contributed by atoms with Crippen LogP contribution in [0.25, 0.3) is 0 Å². The Morgan fingerprint density at radius 3 is 2.86 bits per heavy atom. The van der Waals surface area contributed by atoms with Crippen molar-refractivity contribution in [3.05, 3.63) is 29.8 Å². The van der Waals surface area contributed by atoms with Crippen LogP contribution in [0.15, 0.2) is 24.3 Å². The van der Waals surface area contributed by atoms with E-state index in [1.54, 1.807) is 24.3 Å². The lowest BCUT2D eigenvalue weighted by Gasteiger charge is -2.27. The summed E-state index contributed by atoms with van der Waals surface area (Å²) in [4.78, 5) is 23.2. The smallest absolute Gasteiger partial charge is 0.258 e. The number of ketones is 1. The van der Waals surface area contributed by atoms with Crippen molar-refractivity contribution in [2.75, 3.05) is 6.61 Å². The van der Waals surface area contributed by atoms with Gasteiger partial charge in [0, 0.05) is 11.6 Å². The van der Waals surface area contributed by atoms with Gasteiger partial charge in [-0.15, -0.1) is 0 Å². The van der Waals surface area contributed by atoms with Crippen LogP contribution < -0.4 is 10.1 Å². The maximum Gasteiger partial charge on any atom is 0.258 e. The number of nitrogens with one attached hydrogen (secondary N) is 1. The highest BCUT2D eigenvalue weighted by Gasteiger charge is 2.20. The van der Waals surface area contributed by atoms with Gasteiger partial charge in [-0.05, 0) is 37.8 Å². The molecule has 114 valence electrons. The van der Waals surface area contributed by atoms with Crippen molar-refractivity contribution in [1.82, 2.24) is 5.32 Å². The molecule has 1 N–H and O–H groups in total. The number of Topliss-reactive ketones (excluding diaryl/α,β-unsaturated/α-hetero) is 1. The summed E-state index contributed by atoms with van der Waals surface area (Å²) in [6.45, 7) is 3.73. The molecule has 21 heavy (non-hydrogen) atoms. The van der Waals surface area contributed by atoms with Crippen molar-refractivity contribution in [2.45, 2.75) is 45.6 Å². The van der Waals surface area contributed by atoms with Gasteiger partial charge in [0.05, 0.1) is 0 Å². The number of carbonyl (C=O) groups excluding carboxylic acids is 2. The number of ether oxygens (including phenoxy) is 1. The van der Waals surface area contributed by atoms with E-state index in [1.165, 1.54) is 19.8 Å². The first-order chi connectivity index (χ1) is 10.0. The fourth-order valence-electron chi connectivity index (χ4n) is 2.79. The van der Waals surface area contributed by atoms with Crippen LogP contribution in [0.5, 0.6) is 5.75 Å². The van der Waals surface area contributed by atoms with Gasteiger partial charge >= 0.3 is 0 Å². The van der Waals surface area contributed by atoms with Crippen LogP contribution in [0.3, 0.4) is 0 Å². The number of rotatable bonds is 5. The molecule has 4 heteroatoms. The molecule has 0 heterocycles. The standard InChI is InChI=1S/C17H23NO3/c1-12-5-3-7-15(9-12)18-17(20)11-21-16-8-4-6-14(10-16)13(2)19/h4,6,8,10,12,15H,3,5,7,9,11H2,1-2H3,(H,18,20). The van der Waals surface area contributed by atoms with Crippen LogP contribution in [-0.2, 0) is 4.79 Å². The van der Waals surface area contributed by atoms with Gasteiger partial charge in [-0.2, -0.15) is 0 Å². The molecule has 1 aromatic carbocycles. The van der Waals surface area contributed by atoms with Crippen LogP contribution in [0, 0.1) is 5.92 Å². The van der Waals surface area contributed by atoms with E-state index < -0.39 is 0 Å². The van der Waals surface area contributed by atoms with Crippen molar-refractivity contribution in [3.8, 4) is 5.75 Å². The third-order valence-electron chi connectivity index (χ3n) is 3.91. The molecule has 4 nitrogen and oxygen atoms in total. The third-order valence-corrected chi connectivity index (χ3v) is 3.91. The Balaban J connectivity index is 1.81. The Morgan fingerprint density at radius 1 is 1.33 bits per heavy atom. The molecule has 2 rings (SSSR count). The molecule has 2 unspecified atom stereocenters. The summed E-state index contributed by atoms with van der Waals surface area (Å²) in [5.74, 6) is 1.12. The minimum Gasteiger partial charge on any atom is -0.484 e. The summed E-state index contributed by atoms with van der Waals surface area (Å²) in [5.41, 5.74) is 0.592. The SMILES string of the molecule is CC(=O)c1cccc(OCC(=O)NC2CCCC(C)C2)c1. The number of amides is 1. The van der Waals surface area contributed by atoms with E-state index in [1.807, 2.05) is 0 Å². The van der Waals surface area contributed by atoms with Gasteiger partial charge in [0.2, 0.25) is 0 Å². The lowest BCUT2D eigenvalue weighted by Crippen LogP contribution is -2.40. The molecule has 1 aliphatic carbocycles. The lowest BCUT2D eigenvalue weighted by atomic mass is 9.87. The summed E-state index contributed by atoms with van der Waals surface area (Å²) in [6.07, 6.45) is 4.52. The third kappa shape index (κ3) is 4.88. The van der Waals surface area contributed by atoms with E-state index in [9.17, 15) is 9.59 Å².